The molecule has 0 saturated carbocycles. The molecule has 0 saturated heterocycles. The molecule has 0 aliphatic rings. The quantitative estimate of drug-likeness (QED) is 0.657. The number of nitrogens with zero attached hydrogens (tertiary/aromatic N) is 1. The van der Waals surface area contributed by atoms with Gasteiger partial charge in [-0.05, 0) is 42.5 Å². The van der Waals surface area contributed by atoms with E-state index in [9.17, 15) is 4.79 Å². The summed E-state index contributed by atoms with van der Waals surface area (Å²) in [5.41, 5.74) is 6.71. The van der Waals surface area contributed by atoms with E-state index in [1.165, 1.54) is 5.56 Å². The highest BCUT2D eigenvalue weighted by molar-refractivity contribution is 5.82. The molecule has 120 valence electrons. The van der Waals surface area contributed by atoms with Crippen LogP contribution in [0.5, 0.6) is 5.75 Å². The Morgan fingerprint density at radius 1 is 1.13 bits per heavy atom. The van der Waals surface area contributed by atoms with Crippen molar-refractivity contribution in [2.45, 2.75) is 27.2 Å². The van der Waals surface area contributed by atoms with Gasteiger partial charge in [-0.3, -0.25) is 4.79 Å². The van der Waals surface area contributed by atoms with Gasteiger partial charge in [-0.2, -0.15) is 5.10 Å². The molecule has 0 aromatic heterocycles. The Morgan fingerprint density at radius 2 is 1.78 bits per heavy atom. The van der Waals surface area contributed by atoms with Crippen LogP contribution < -0.4 is 10.2 Å². The molecule has 0 heterocycles. The van der Waals surface area contributed by atoms with Crippen LogP contribution in [-0.4, -0.2) is 18.7 Å². The summed E-state index contributed by atoms with van der Waals surface area (Å²) in [6, 6.07) is 13.9. The number of hydrogen-bond acceptors (Lipinski definition) is 3. The topological polar surface area (TPSA) is 50.7 Å². The fourth-order valence-corrected chi connectivity index (χ4v) is 2.22. The minimum absolute atomic E-state index is 0.0577. The lowest BCUT2D eigenvalue weighted by atomic mass is 10.1. The van der Waals surface area contributed by atoms with Gasteiger partial charge in [0.1, 0.15) is 5.75 Å². The zero-order valence-corrected chi connectivity index (χ0v) is 13.8. The molecule has 2 rings (SSSR count). The minimum atomic E-state index is -0.283. The van der Waals surface area contributed by atoms with E-state index in [0.717, 1.165) is 28.9 Å². The molecule has 0 aliphatic heterocycles. The van der Waals surface area contributed by atoms with Crippen molar-refractivity contribution >= 4 is 12.1 Å². The van der Waals surface area contributed by atoms with E-state index in [2.05, 4.69) is 17.5 Å². The number of nitrogens with one attached hydrogen (secondary N) is 1. The van der Waals surface area contributed by atoms with Crippen LogP contribution in [-0.2, 0) is 11.2 Å². The molecule has 0 spiro atoms. The SMILES string of the molecule is CCc1ccc(C=NNC(=O)COc2c(C)cccc2C)cc1. The summed E-state index contributed by atoms with van der Waals surface area (Å²) in [7, 11) is 0. The zero-order valence-electron chi connectivity index (χ0n) is 13.8. The van der Waals surface area contributed by atoms with Crippen molar-refractivity contribution in [3.63, 3.8) is 0 Å². The van der Waals surface area contributed by atoms with E-state index in [4.69, 9.17) is 4.74 Å². The predicted molar refractivity (Wildman–Crippen MR) is 93.0 cm³/mol. The Hall–Kier alpha value is -2.62. The number of para-hydroxylation sites is 1. The van der Waals surface area contributed by atoms with Gasteiger partial charge in [-0.1, -0.05) is 49.4 Å². The summed E-state index contributed by atoms with van der Waals surface area (Å²) in [5.74, 6) is 0.468. The molecule has 23 heavy (non-hydrogen) atoms. The number of carbonyl (C=O) groups is 1. The third kappa shape index (κ3) is 4.95. The van der Waals surface area contributed by atoms with Gasteiger partial charge in [0.15, 0.2) is 6.61 Å². The average Bonchev–Trinajstić information content (AvgIpc) is 2.55. The summed E-state index contributed by atoms with van der Waals surface area (Å²) < 4.78 is 5.58. The van der Waals surface area contributed by atoms with Crippen molar-refractivity contribution in [1.29, 1.82) is 0 Å². The Labute approximate surface area is 137 Å². The minimum Gasteiger partial charge on any atom is -0.483 e. The van der Waals surface area contributed by atoms with Crippen molar-refractivity contribution in [3.05, 3.63) is 64.7 Å². The maximum Gasteiger partial charge on any atom is 0.277 e. The predicted octanol–water partition coefficient (Wildman–Crippen LogP) is 3.39. The van der Waals surface area contributed by atoms with E-state index in [1.54, 1.807) is 6.21 Å². The van der Waals surface area contributed by atoms with Crippen molar-refractivity contribution < 1.29 is 9.53 Å². The maximum atomic E-state index is 11.8. The Bertz CT molecular complexity index is 671. The molecule has 0 unspecified atom stereocenters. The summed E-state index contributed by atoms with van der Waals surface area (Å²) >= 11 is 0. The molecule has 0 bridgehead atoms. The van der Waals surface area contributed by atoms with Crippen LogP contribution >= 0.6 is 0 Å². The molecule has 1 amide bonds. The number of benzene rings is 2. The van der Waals surface area contributed by atoms with Gasteiger partial charge in [0.25, 0.3) is 5.91 Å². The van der Waals surface area contributed by atoms with E-state index in [0.29, 0.717) is 0 Å². The first-order valence-corrected chi connectivity index (χ1v) is 7.70. The molecular formula is C19H22N2O2. The maximum absolute atomic E-state index is 11.8. The van der Waals surface area contributed by atoms with Gasteiger partial charge in [-0.15, -0.1) is 0 Å². The van der Waals surface area contributed by atoms with E-state index in [1.807, 2.05) is 56.3 Å². The van der Waals surface area contributed by atoms with Crippen LogP contribution in [0.25, 0.3) is 0 Å². The summed E-state index contributed by atoms with van der Waals surface area (Å²) in [6.07, 6.45) is 2.63. The summed E-state index contributed by atoms with van der Waals surface area (Å²) in [4.78, 5) is 11.8. The lowest BCUT2D eigenvalue weighted by Gasteiger charge is -2.10. The normalized spacial score (nSPS) is 10.7. The number of amides is 1. The molecule has 4 nitrogen and oxygen atoms in total. The molecule has 0 fully saturated rings. The smallest absolute Gasteiger partial charge is 0.277 e. The summed E-state index contributed by atoms with van der Waals surface area (Å²) in [5, 5.41) is 3.95. The lowest BCUT2D eigenvalue weighted by molar-refractivity contribution is -0.123. The number of hydrogen-bond donors (Lipinski definition) is 1. The fourth-order valence-electron chi connectivity index (χ4n) is 2.22. The van der Waals surface area contributed by atoms with Gasteiger partial charge in [0, 0.05) is 0 Å². The van der Waals surface area contributed by atoms with Gasteiger partial charge in [0.2, 0.25) is 0 Å². The number of hydrazone groups is 1. The average molecular weight is 310 g/mol. The van der Waals surface area contributed by atoms with Crippen molar-refractivity contribution in [1.82, 2.24) is 5.43 Å². The lowest BCUT2D eigenvalue weighted by Crippen LogP contribution is -2.25. The van der Waals surface area contributed by atoms with Crippen LogP contribution in [0, 0.1) is 13.8 Å². The van der Waals surface area contributed by atoms with Gasteiger partial charge in [0.05, 0.1) is 6.21 Å². The highest BCUT2D eigenvalue weighted by Crippen LogP contribution is 2.21. The molecule has 1 N–H and O–H groups in total. The zero-order chi connectivity index (χ0) is 16.7. The third-order valence-electron chi connectivity index (χ3n) is 3.55. The summed E-state index contributed by atoms with van der Waals surface area (Å²) in [6.45, 7) is 5.97. The van der Waals surface area contributed by atoms with Crippen LogP contribution in [0.1, 0.15) is 29.2 Å². The van der Waals surface area contributed by atoms with Gasteiger partial charge in [-0.25, -0.2) is 5.43 Å². The van der Waals surface area contributed by atoms with Crippen molar-refractivity contribution in [2.24, 2.45) is 5.10 Å². The largest absolute Gasteiger partial charge is 0.483 e. The Kier molecular flexibility index (Phi) is 5.92. The van der Waals surface area contributed by atoms with Crippen molar-refractivity contribution in [2.75, 3.05) is 6.61 Å². The van der Waals surface area contributed by atoms with Crippen LogP contribution in [0.2, 0.25) is 0 Å². The van der Waals surface area contributed by atoms with Crippen LogP contribution in [0.3, 0.4) is 0 Å². The molecule has 2 aromatic rings. The van der Waals surface area contributed by atoms with E-state index >= 15 is 0 Å². The molecule has 0 aliphatic carbocycles. The Morgan fingerprint density at radius 3 is 2.39 bits per heavy atom. The molecule has 4 heteroatoms. The van der Waals surface area contributed by atoms with Crippen molar-refractivity contribution in [3.8, 4) is 5.75 Å². The molecular weight excluding hydrogens is 288 g/mol. The number of aryl methyl sites for hydroxylation is 3. The number of carbonyl (C=O) groups excluding carboxylic acids is 1. The third-order valence-corrected chi connectivity index (χ3v) is 3.55. The first-order valence-electron chi connectivity index (χ1n) is 7.70. The second-order valence-corrected chi connectivity index (χ2v) is 5.40. The van der Waals surface area contributed by atoms with Gasteiger partial charge < -0.3 is 4.74 Å². The highest BCUT2D eigenvalue weighted by Gasteiger charge is 2.06. The molecule has 2 aromatic carbocycles. The van der Waals surface area contributed by atoms with Crippen LogP contribution in [0.4, 0.5) is 0 Å². The second-order valence-electron chi connectivity index (χ2n) is 5.40. The second kappa shape index (κ2) is 8.13. The number of ether oxygens (including phenoxy) is 1. The van der Waals surface area contributed by atoms with Gasteiger partial charge >= 0.3 is 0 Å². The van der Waals surface area contributed by atoms with Crippen LogP contribution in [0.15, 0.2) is 47.6 Å². The standard InChI is InChI=1S/C19H22N2O2/c1-4-16-8-10-17(11-9-16)12-20-21-18(22)13-23-19-14(2)6-5-7-15(19)3/h5-12H,4,13H2,1-3H3,(H,21,22). The molecule has 0 atom stereocenters. The Balaban J connectivity index is 1.84. The first kappa shape index (κ1) is 16.7. The monoisotopic (exact) mass is 310 g/mol. The van der Waals surface area contributed by atoms with E-state index < -0.39 is 0 Å². The first-order chi connectivity index (χ1) is 11.1. The number of rotatable bonds is 6. The highest BCUT2D eigenvalue weighted by atomic mass is 16.5. The fraction of sp³-hybridized carbons (Fsp3) is 0.263. The van der Waals surface area contributed by atoms with E-state index in [-0.39, 0.29) is 12.5 Å². The molecule has 0 radical (unpaired) electrons.